The number of likely N-dealkylation sites (tertiary alicyclic amines) is 1. The summed E-state index contributed by atoms with van der Waals surface area (Å²) in [5.41, 5.74) is 5.44. The second kappa shape index (κ2) is 9.06. The average Bonchev–Trinajstić information content (AvgIpc) is 3.69. The first-order chi connectivity index (χ1) is 19.0. The van der Waals surface area contributed by atoms with E-state index in [2.05, 4.69) is 43.7 Å². The SMILES string of the molecule is C=CC(=O)N1CC2CC1CN2c1cc(-c2ccc(Oc3ccn4ncnc4c3)c(Cl)c2)c2ncnc(C)c2c1. The van der Waals surface area contributed by atoms with E-state index in [1.54, 1.807) is 23.1 Å². The number of piperazine rings is 1. The lowest BCUT2D eigenvalue weighted by molar-refractivity contribution is -0.127. The number of hydrogen-bond acceptors (Lipinski definition) is 7. The van der Waals surface area contributed by atoms with Crippen LogP contribution in [0.3, 0.4) is 0 Å². The number of carbonyl (C=O) groups excluding carboxylic acids is 1. The topological polar surface area (TPSA) is 88.8 Å². The number of fused-ring (bicyclic) bond motifs is 4. The number of nitrogens with zero attached hydrogens (tertiary/aromatic N) is 7. The van der Waals surface area contributed by atoms with E-state index in [1.807, 2.05) is 36.1 Å². The van der Waals surface area contributed by atoms with Gasteiger partial charge in [0.2, 0.25) is 5.91 Å². The molecule has 10 heteroatoms. The fraction of sp³-hybridized carbons (Fsp3) is 0.207. The van der Waals surface area contributed by atoms with Gasteiger partial charge in [0, 0.05) is 53.7 Å². The molecule has 1 amide bonds. The molecule has 2 unspecified atom stereocenters. The fourth-order valence-electron chi connectivity index (χ4n) is 5.77. The maximum atomic E-state index is 12.3. The number of rotatable bonds is 5. The first kappa shape index (κ1) is 23.6. The largest absolute Gasteiger partial charge is 0.456 e. The van der Waals surface area contributed by atoms with Gasteiger partial charge in [0.05, 0.1) is 16.6 Å². The predicted octanol–water partition coefficient (Wildman–Crippen LogP) is 5.07. The molecule has 9 nitrogen and oxygen atoms in total. The summed E-state index contributed by atoms with van der Waals surface area (Å²) in [4.78, 5) is 29.9. The molecule has 194 valence electrons. The highest BCUT2D eigenvalue weighted by Gasteiger charge is 2.44. The predicted molar refractivity (Wildman–Crippen MR) is 149 cm³/mol. The summed E-state index contributed by atoms with van der Waals surface area (Å²) in [6.07, 6.45) is 7.24. The van der Waals surface area contributed by atoms with E-state index < -0.39 is 0 Å². The van der Waals surface area contributed by atoms with Crippen LogP contribution in [0.5, 0.6) is 11.5 Å². The molecule has 5 heterocycles. The minimum absolute atomic E-state index is 0.00363. The molecule has 2 aliphatic rings. The standard InChI is InChI=1S/C29H24ClN7O2/c1-3-28(38)36-14-20-9-21(36)13-35(20)19-10-23-17(2)31-15-33-29(23)24(11-19)18-4-5-26(25(30)8-18)39-22-6-7-37-27(12-22)32-16-34-37/h3-8,10-12,15-16,20-21H,1,9,13-14H2,2H3. The number of amides is 1. The summed E-state index contributed by atoms with van der Waals surface area (Å²) in [6, 6.07) is 14.2. The van der Waals surface area contributed by atoms with Crippen LogP contribution in [-0.2, 0) is 4.79 Å². The Morgan fingerprint density at radius 3 is 2.77 bits per heavy atom. The molecule has 2 aromatic carbocycles. The van der Waals surface area contributed by atoms with Crippen molar-refractivity contribution >= 4 is 39.7 Å². The molecule has 2 bridgehead atoms. The Balaban J connectivity index is 1.24. The van der Waals surface area contributed by atoms with Crippen LogP contribution in [0, 0.1) is 6.92 Å². The Morgan fingerprint density at radius 2 is 1.97 bits per heavy atom. The van der Waals surface area contributed by atoms with Gasteiger partial charge in [0.1, 0.15) is 24.2 Å². The van der Waals surface area contributed by atoms with E-state index in [-0.39, 0.29) is 18.0 Å². The molecule has 0 aliphatic carbocycles. The zero-order valence-corrected chi connectivity index (χ0v) is 21.9. The van der Waals surface area contributed by atoms with Crippen LogP contribution < -0.4 is 9.64 Å². The summed E-state index contributed by atoms with van der Waals surface area (Å²) < 4.78 is 7.74. The molecule has 0 radical (unpaired) electrons. The van der Waals surface area contributed by atoms with E-state index in [0.29, 0.717) is 28.7 Å². The average molecular weight is 538 g/mol. The van der Waals surface area contributed by atoms with Crippen LogP contribution in [0.1, 0.15) is 12.1 Å². The fourth-order valence-corrected chi connectivity index (χ4v) is 5.99. The van der Waals surface area contributed by atoms with Crippen molar-refractivity contribution in [3.63, 3.8) is 0 Å². The lowest BCUT2D eigenvalue weighted by atomic mass is 9.99. The highest BCUT2D eigenvalue weighted by atomic mass is 35.5. The zero-order valence-electron chi connectivity index (χ0n) is 21.2. The lowest BCUT2D eigenvalue weighted by Gasteiger charge is -2.35. The van der Waals surface area contributed by atoms with Gasteiger partial charge >= 0.3 is 0 Å². The molecule has 2 atom stereocenters. The molecule has 7 rings (SSSR count). The van der Waals surface area contributed by atoms with Crippen molar-refractivity contribution in [1.29, 1.82) is 0 Å². The van der Waals surface area contributed by atoms with Gasteiger partial charge in [-0.25, -0.2) is 19.5 Å². The van der Waals surface area contributed by atoms with Crippen molar-refractivity contribution in [3.05, 3.63) is 84.7 Å². The van der Waals surface area contributed by atoms with E-state index >= 15 is 0 Å². The molecule has 0 saturated carbocycles. The number of ether oxygens (including phenoxy) is 1. The molecule has 0 N–H and O–H groups in total. The minimum Gasteiger partial charge on any atom is -0.456 e. The second-order valence-electron chi connectivity index (χ2n) is 9.91. The van der Waals surface area contributed by atoms with Crippen molar-refractivity contribution in [3.8, 4) is 22.6 Å². The van der Waals surface area contributed by atoms with Gasteiger partial charge in [-0.3, -0.25) is 4.79 Å². The highest BCUT2D eigenvalue weighted by molar-refractivity contribution is 6.32. The van der Waals surface area contributed by atoms with Gasteiger partial charge in [-0.2, -0.15) is 5.10 Å². The summed E-state index contributed by atoms with van der Waals surface area (Å²) in [5.74, 6) is 1.16. The number of anilines is 1. The summed E-state index contributed by atoms with van der Waals surface area (Å²) in [7, 11) is 0. The number of hydrogen-bond donors (Lipinski definition) is 0. The van der Waals surface area contributed by atoms with Crippen molar-refractivity contribution in [2.45, 2.75) is 25.4 Å². The van der Waals surface area contributed by atoms with E-state index in [9.17, 15) is 4.79 Å². The maximum Gasteiger partial charge on any atom is 0.246 e. The minimum atomic E-state index is 0.00363. The van der Waals surface area contributed by atoms with Crippen LogP contribution in [0.4, 0.5) is 5.69 Å². The normalized spacial score (nSPS) is 18.3. The zero-order chi connectivity index (χ0) is 26.7. The molecular weight excluding hydrogens is 514 g/mol. The van der Waals surface area contributed by atoms with Crippen LogP contribution in [0.15, 0.2) is 74.0 Å². The Hall–Kier alpha value is -4.50. The Labute approximate surface area is 229 Å². The summed E-state index contributed by atoms with van der Waals surface area (Å²) in [6.45, 7) is 7.13. The van der Waals surface area contributed by atoms with E-state index in [0.717, 1.165) is 46.4 Å². The molecule has 39 heavy (non-hydrogen) atoms. The molecule has 0 spiro atoms. The van der Waals surface area contributed by atoms with Crippen LogP contribution >= 0.6 is 11.6 Å². The first-order valence-electron chi connectivity index (χ1n) is 12.7. The van der Waals surface area contributed by atoms with Gasteiger partial charge in [-0.1, -0.05) is 24.2 Å². The van der Waals surface area contributed by atoms with Crippen molar-refractivity contribution in [2.75, 3.05) is 18.0 Å². The lowest BCUT2D eigenvalue weighted by Crippen LogP contribution is -2.48. The third-order valence-corrected chi connectivity index (χ3v) is 7.97. The molecule has 3 aromatic heterocycles. The van der Waals surface area contributed by atoms with Crippen molar-refractivity contribution in [2.24, 2.45) is 0 Å². The van der Waals surface area contributed by atoms with Gasteiger partial charge in [0.15, 0.2) is 5.65 Å². The first-order valence-corrected chi connectivity index (χ1v) is 13.1. The molecule has 2 fully saturated rings. The van der Waals surface area contributed by atoms with Crippen LogP contribution in [0.25, 0.3) is 27.7 Å². The third-order valence-electron chi connectivity index (χ3n) is 7.68. The highest BCUT2D eigenvalue weighted by Crippen LogP contribution is 2.41. The molecule has 2 aliphatic heterocycles. The Kier molecular flexibility index (Phi) is 5.48. The van der Waals surface area contributed by atoms with Crippen LogP contribution in [-0.4, -0.2) is 60.5 Å². The number of benzene rings is 2. The quantitative estimate of drug-likeness (QED) is 0.289. The van der Waals surface area contributed by atoms with Crippen molar-refractivity contribution in [1.82, 2.24) is 29.5 Å². The van der Waals surface area contributed by atoms with Gasteiger partial charge in [0.25, 0.3) is 0 Å². The van der Waals surface area contributed by atoms with E-state index in [4.69, 9.17) is 16.3 Å². The monoisotopic (exact) mass is 537 g/mol. The second-order valence-corrected chi connectivity index (χ2v) is 10.3. The van der Waals surface area contributed by atoms with Gasteiger partial charge < -0.3 is 14.5 Å². The number of aromatic nitrogens is 5. The Morgan fingerprint density at radius 1 is 1.08 bits per heavy atom. The number of aryl methyl sites for hydroxylation is 1. The van der Waals surface area contributed by atoms with Crippen molar-refractivity contribution < 1.29 is 9.53 Å². The molecule has 5 aromatic rings. The molecule has 2 saturated heterocycles. The summed E-state index contributed by atoms with van der Waals surface area (Å²) >= 11 is 6.74. The van der Waals surface area contributed by atoms with Crippen LogP contribution in [0.2, 0.25) is 5.02 Å². The summed E-state index contributed by atoms with van der Waals surface area (Å²) in [5, 5.41) is 5.59. The molecular formula is C29H24ClN7O2. The number of pyridine rings is 1. The number of carbonyl (C=O) groups is 1. The van der Waals surface area contributed by atoms with Gasteiger partial charge in [-0.05, 0) is 55.3 Å². The maximum absolute atomic E-state index is 12.3. The Bertz CT molecular complexity index is 1780. The smallest absolute Gasteiger partial charge is 0.246 e. The van der Waals surface area contributed by atoms with Gasteiger partial charge in [-0.15, -0.1) is 0 Å². The third kappa shape index (κ3) is 3.97. The number of halogens is 1. The van der Waals surface area contributed by atoms with E-state index in [1.165, 1.54) is 12.4 Å².